The maximum absolute atomic E-state index is 6.43. The summed E-state index contributed by atoms with van der Waals surface area (Å²) in [6, 6.07) is 5.30. The predicted octanol–water partition coefficient (Wildman–Crippen LogP) is 4.03. The van der Waals surface area contributed by atoms with E-state index in [0.717, 1.165) is 16.8 Å². The Morgan fingerprint density at radius 2 is 1.85 bits per heavy atom. The van der Waals surface area contributed by atoms with Crippen molar-refractivity contribution in [1.82, 2.24) is 19.6 Å². The Balaban J connectivity index is 0.00000280. The summed E-state index contributed by atoms with van der Waals surface area (Å²) in [6.45, 7) is 4.68. The molecule has 0 radical (unpaired) electrons. The summed E-state index contributed by atoms with van der Waals surface area (Å²) in [7, 11) is 3.29. The molecule has 0 saturated carbocycles. The van der Waals surface area contributed by atoms with Crippen LogP contribution in [0.1, 0.15) is 12.9 Å². The summed E-state index contributed by atoms with van der Waals surface area (Å²) in [4.78, 5) is 9.09. The minimum Gasteiger partial charge on any atom is -0.382 e. The van der Waals surface area contributed by atoms with Gasteiger partial charge in [-0.2, -0.15) is 14.6 Å². The van der Waals surface area contributed by atoms with E-state index in [1.54, 1.807) is 30.9 Å². The lowest BCUT2D eigenvalue weighted by Gasteiger charge is -2.18. The molecule has 3 aromatic rings. The fraction of sp³-hybridized carbons (Fsp3) is 0.389. The highest BCUT2D eigenvalue weighted by Crippen LogP contribution is 2.35. The zero-order valence-corrected chi connectivity index (χ0v) is 17.1. The van der Waals surface area contributed by atoms with Crippen molar-refractivity contribution >= 4 is 34.8 Å². The monoisotopic (exact) mass is 411 g/mol. The number of rotatable bonds is 7. The summed E-state index contributed by atoms with van der Waals surface area (Å²) in [5.41, 5.74) is 3.13. The van der Waals surface area contributed by atoms with Crippen LogP contribution in [0.2, 0.25) is 10.0 Å². The van der Waals surface area contributed by atoms with Crippen LogP contribution in [0.15, 0.2) is 18.2 Å². The van der Waals surface area contributed by atoms with Crippen LogP contribution < -0.4 is 5.32 Å². The fourth-order valence-electron chi connectivity index (χ4n) is 2.96. The van der Waals surface area contributed by atoms with Gasteiger partial charge in [0.25, 0.3) is 0 Å². The quantitative estimate of drug-likeness (QED) is 0.632. The van der Waals surface area contributed by atoms with E-state index in [-0.39, 0.29) is 7.47 Å². The van der Waals surface area contributed by atoms with Crippen molar-refractivity contribution in [1.29, 1.82) is 0 Å². The van der Waals surface area contributed by atoms with Crippen molar-refractivity contribution < 1.29 is 10.9 Å². The Morgan fingerprint density at radius 1 is 1.15 bits per heavy atom. The van der Waals surface area contributed by atoms with Gasteiger partial charge in [-0.05, 0) is 26.0 Å². The Bertz CT molecular complexity index is 961. The molecule has 1 aromatic carbocycles. The molecule has 27 heavy (non-hydrogen) atoms. The van der Waals surface area contributed by atoms with Crippen LogP contribution in [-0.2, 0) is 9.47 Å². The van der Waals surface area contributed by atoms with E-state index in [2.05, 4.69) is 20.4 Å². The minimum atomic E-state index is -0.0791. The number of hydrogen-bond donors (Lipinski definition) is 1. The molecule has 0 amide bonds. The molecule has 0 fully saturated rings. The van der Waals surface area contributed by atoms with Crippen molar-refractivity contribution in [2.45, 2.75) is 19.9 Å². The number of halogens is 2. The number of anilines is 1. The van der Waals surface area contributed by atoms with Gasteiger partial charge < -0.3 is 14.8 Å². The van der Waals surface area contributed by atoms with Gasteiger partial charge in [-0.1, -0.05) is 29.3 Å². The summed E-state index contributed by atoms with van der Waals surface area (Å²) in [6.07, 6.45) is 0. The van der Waals surface area contributed by atoms with Crippen LogP contribution in [0, 0.1) is 13.8 Å². The van der Waals surface area contributed by atoms with Crippen molar-refractivity contribution in [2.75, 3.05) is 32.8 Å². The van der Waals surface area contributed by atoms with Gasteiger partial charge in [-0.25, -0.2) is 4.98 Å². The third-order valence-corrected chi connectivity index (χ3v) is 4.59. The van der Waals surface area contributed by atoms with E-state index < -0.39 is 0 Å². The van der Waals surface area contributed by atoms with E-state index in [4.69, 9.17) is 32.7 Å². The van der Waals surface area contributed by atoms with Crippen LogP contribution in [0.5, 0.6) is 0 Å². The molecule has 0 aliphatic heterocycles. The molecule has 0 saturated heterocycles. The summed E-state index contributed by atoms with van der Waals surface area (Å²) in [5.74, 6) is 1.18. The number of fused-ring (bicyclic) bond motifs is 1. The third kappa shape index (κ3) is 4.16. The smallest absolute Gasteiger partial charge is 0.228 e. The SMILES string of the molecule is COCC(COC)Nc1nc(C)nc2c(-c3ccc(Cl)cc3Cl)c(C)nn12.[HH]. The highest BCUT2D eigenvalue weighted by molar-refractivity contribution is 6.36. The molecule has 9 heteroatoms. The highest BCUT2D eigenvalue weighted by Gasteiger charge is 2.20. The number of aromatic nitrogens is 4. The van der Waals surface area contributed by atoms with E-state index in [1.807, 2.05) is 19.9 Å². The summed E-state index contributed by atoms with van der Waals surface area (Å²) in [5, 5.41) is 9.07. The fourth-order valence-corrected chi connectivity index (χ4v) is 3.47. The number of methoxy groups -OCH3 is 2. The average molecular weight is 412 g/mol. The Kier molecular flexibility index (Phi) is 6.16. The van der Waals surface area contributed by atoms with Crippen LogP contribution >= 0.6 is 23.2 Å². The molecule has 0 aliphatic rings. The Hall–Kier alpha value is -1.93. The van der Waals surface area contributed by atoms with Gasteiger partial charge in [0.2, 0.25) is 5.95 Å². The van der Waals surface area contributed by atoms with Gasteiger partial charge in [-0.3, -0.25) is 0 Å². The van der Waals surface area contributed by atoms with Crippen LogP contribution in [0.3, 0.4) is 0 Å². The molecule has 2 aromatic heterocycles. The second-order valence-corrected chi connectivity index (χ2v) is 7.01. The van der Waals surface area contributed by atoms with Gasteiger partial charge in [0.05, 0.1) is 35.5 Å². The zero-order chi connectivity index (χ0) is 19.6. The number of benzene rings is 1. The average Bonchev–Trinajstić information content (AvgIpc) is 2.92. The molecule has 0 atom stereocenters. The molecule has 0 spiro atoms. The minimum absolute atomic E-state index is 0. The molecule has 146 valence electrons. The van der Waals surface area contributed by atoms with E-state index >= 15 is 0 Å². The number of ether oxygens (including phenoxy) is 2. The molecule has 0 bridgehead atoms. The van der Waals surface area contributed by atoms with Crippen molar-refractivity contribution in [2.24, 2.45) is 0 Å². The molecule has 3 rings (SSSR count). The molecular weight excluding hydrogens is 389 g/mol. The maximum Gasteiger partial charge on any atom is 0.228 e. The standard InChI is InChI=1S/C18H21Cl2N5O2.H2/c1-10-16(14-6-5-12(19)7-15(14)20)17-21-11(2)22-18(25(17)24-10)23-13(8-26-3)9-27-4;/h5-7,13H,8-9H2,1-4H3,(H,21,22,23);1H. The normalized spacial score (nSPS) is 11.5. The lowest BCUT2D eigenvalue weighted by molar-refractivity contribution is 0.126. The van der Waals surface area contributed by atoms with Gasteiger partial charge >= 0.3 is 0 Å². The largest absolute Gasteiger partial charge is 0.382 e. The molecule has 0 aliphatic carbocycles. The van der Waals surface area contributed by atoms with Crippen LogP contribution in [-0.4, -0.2) is 53.1 Å². The topological polar surface area (TPSA) is 73.6 Å². The Morgan fingerprint density at radius 3 is 2.48 bits per heavy atom. The van der Waals surface area contributed by atoms with E-state index in [1.165, 1.54) is 0 Å². The molecule has 1 N–H and O–H groups in total. The number of hydrogen-bond acceptors (Lipinski definition) is 6. The maximum atomic E-state index is 6.43. The highest BCUT2D eigenvalue weighted by atomic mass is 35.5. The van der Waals surface area contributed by atoms with Gasteiger partial charge in [0.1, 0.15) is 5.82 Å². The first-order valence-corrected chi connectivity index (χ1v) is 9.14. The second kappa shape index (κ2) is 8.39. The zero-order valence-electron chi connectivity index (χ0n) is 15.6. The first-order chi connectivity index (χ1) is 12.9. The summed E-state index contributed by atoms with van der Waals surface area (Å²) >= 11 is 12.5. The van der Waals surface area contributed by atoms with Crippen LogP contribution in [0.25, 0.3) is 16.8 Å². The lowest BCUT2D eigenvalue weighted by Crippen LogP contribution is -2.31. The second-order valence-electron chi connectivity index (χ2n) is 6.17. The molecular formula is C18H23Cl2N5O2. The number of nitrogens with one attached hydrogen (secondary N) is 1. The number of aryl methyl sites for hydroxylation is 2. The van der Waals surface area contributed by atoms with E-state index in [9.17, 15) is 0 Å². The third-order valence-electron chi connectivity index (χ3n) is 4.04. The van der Waals surface area contributed by atoms with Crippen LogP contribution in [0.4, 0.5) is 5.95 Å². The molecule has 2 heterocycles. The first-order valence-electron chi connectivity index (χ1n) is 8.38. The predicted molar refractivity (Wildman–Crippen MR) is 109 cm³/mol. The van der Waals surface area contributed by atoms with Crippen molar-refractivity contribution in [3.8, 4) is 11.1 Å². The first kappa shape index (κ1) is 19.8. The summed E-state index contributed by atoms with van der Waals surface area (Å²) < 4.78 is 12.2. The molecule has 0 unspecified atom stereocenters. The van der Waals surface area contributed by atoms with Crippen molar-refractivity contribution in [3.05, 3.63) is 39.8 Å². The van der Waals surface area contributed by atoms with Crippen molar-refractivity contribution in [3.63, 3.8) is 0 Å². The Labute approximate surface area is 169 Å². The van der Waals surface area contributed by atoms with Gasteiger partial charge in [0.15, 0.2) is 5.65 Å². The lowest BCUT2D eigenvalue weighted by atomic mass is 10.1. The van der Waals surface area contributed by atoms with E-state index in [0.29, 0.717) is 40.7 Å². The van der Waals surface area contributed by atoms with Gasteiger partial charge in [-0.15, -0.1) is 0 Å². The molecule has 7 nitrogen and oxygen atoms in total. The van der Waals surface area contributed by atoms with Gasteiger partial charge in [0, 0.05) is 26.2 Å². The number of nitrogens with zero attached hydrogens (tertiary/aromatic N) is 4.